The highest BCUT2D eigenvalue weighted by molar-refractivity contribution is 6.11. The van der Waals surface area contributed by atoms with Gasteiger partial charge in [-0.25, -0.2) is 0 Å². The van der Waals surface area contributed by atoms with Crippen molar-refractivity contribution in [2.75, 3.05) is 39.9 Å². The third kappa shape index (κ3) is 5.61. The molecular formula is C34H34N2O6. The smallest absolute Gasteiger partial charge is 0.259 e. The topological polar surface area (TPSA) is 86.3 Å². The first-order valence-corrected chi connectivity index (χ1v) is 13.7. The standard InChI is InChI=1S/C34H34N2O6/c1-39-25-14-10-23(11-15-25)32-31(33(37)35-20-19-22-9-18-29(41-3)30(21-22)42-4)27-7-5-6-8-28(27)34(38)36(32)24-12-16-26(40-2)17-13-24/h5-18,21,31-32H,19-20H2,1-4H3,(H,35,37). The van der Waals surface area contributed by atoms with Gasteiger partial charge in [-0.2, -0.15) is 0 Å². The lowest BCUT2D eigenvalue weighted by molar-refractivity contribution is -0.123. The summed E-state index contributed by atoms with van der Waals surface area (Å²) in [6.07, 6.45) is 0.592. The largest absolute Gasteiger partial charge is 0.497 e. The van der Waals surface area contributed by atoms with Gasteiger partial charge in [-0.15, -0.1) is 0 Å². The van der Waals surface area contributed by atoms with Crippen LogP contribution in [-0.2, 0) is 11.2 Å². The monoisotopic (exact) mass is 566 g/mol. The lowest BCUT2D eigenvalue weighted by atomic mass is 9.78. The van der Waals surface area contributed by atoms with E-state index in [0.717, 1.165) is 11.1 Å². The van der Waals surface area contributed by atoms with Gasteiger partial charge in [0.1, 0.15) is 11.5 Å². The molecule has 5 rings (SSSR count). The first-order chi connectivity index (χ1) is 20.5. The molecule has 0 fully saturated rings. The van der Waals surface area contributed by atoms with Gasteiger partial charge in [0.15, 0.2) is 11.5 Å². The van der Waals surface area contributed by atoms with Gasteiger partial charge >= 0.3 is 0 Å². The predicted octanol–water partition coefficient (Wildman–Crippen LogP) is 5.57. The molecule has 4 aromatic rings. The average molecular weight is 567 g/mol. The quantitative estimate of drug-likeness (QED) is 0.270. The maximum Gasteiger partial charge on any atom is 0.259 e. The van der Waals surface area contributed by atoms with E-state index >= 15 is 0 Å². The summed E-state index contributed by atoms with van der Waals surface area (Å²) in [6.45, 7) is 0.402. The molecule has 8 nitrogen and oxygen atoms in total. The summed E-state index contributed by atoms with van der Waals surface area (Å²) >= 11 is 0. The van der Waals surface area contributed by atoms with E-state index in [1.54, 1.807) is 39.4 Å². The fourth-order valence-electron chi connectivity index (χ4n) is 5.46. The second-order valence-corrected chi connectivity index (χ2v) is 9.89. The maximum atomic E-state index is 14.1. The number of ether oxygens (including phenoxy) is 4. The van der Waals surface area contributed by atoms with Crippen molar-refractivity contribution in [3.63, 3.8) is 0 Å². The number of hydrogen-bond acceptors (Lipinski definition) is 6. The predicted molar refractivity (Wildman–Crippen MR) is 161 cm³/mol. The number of nitrogens with one attached hydrogen (secondary N) is 1. The average Bonchev–Trinajstić information content (AvgIpc) is 3.04. The van der Waals surface area contributed by atoms with Crippen LogP contribution in [0, 0.1) is 0 Å². The van der Waals surface area contributed by atoms with Crippen molar-refractivity contribution in [1.82, 2.24) is 5.32 Å². The number of nitrogens with zero attached hydrogens (tertiary/aromatic N) is 1. The zero-order valence-corrected chi connectivity index (χ0v) is 24.1. The molecule has 1 heterocycles. The van der Waals surface area contributed by atoms with Crippen molar-refractivity contribution in [1.29, 1.82) is 0 Å². The van der Waals surface area contributed by atoms with Crippen LogP contribution in [0.3, 0.4) is 0 Å². The summed E-state index contributed by atoms with van der Waals surface area (Å²) < 4.78 is 21.5. The van der Waals surface area contributed by atoms with Gasteiger partial charge < -0.3 is 24.3 Å². The zero-order chi connectivity index (χ0) is 29.6. The Morgan fingerprint density at radius 1 is 0.762 bits per heavy atom. The lowest BCUT2D eigenvalue weighted by Crippen LogP contribution is -2.48. The second-order valence-electron chi connectivity index (χ2n) is 9.89. The van der Waals surface area contributed by atoms with Gasteiger partial charge in [0.05, 0.1) is 40.4 Å². The van der Waals surface area contributed by atoms with E-state index in [-0.39, 0.29) is 11.8 Å². The van der Waals surface area contributed by atoms with Crippen LogP contribution in [0.4, 0.5) is 5.69 Å². The van der Waals surface area contributed by atoms with Gasteiger partial charge in [0.25, 0.3) is 5.91 Å². The van der Waals surface area contributed by atoms with Crippen molar-refractivity contribution in [2.45, 2.75) is 18.4 Å². The first kappa shape index (κ1) is 28.5. The zero-order valence-electron chi connectivity index (χ0n) is 24.1. The Hall–Kier alpha value is -4.98. The Kier molecular flexibility index (Phi) is 8.62. The number of amides is 2. The minimum absolute atomic E-state index is 0.172. The molecule has 1 aliphatic rings. The highest BCUT2D eigenvalue weighted by atomic mass is 16.5. The van der Waals surface area contributed by atoms with Gasteiger partial charge in [0, 0.05) is 17.8 Å². The second kappa shape index (κ2) is 12.7. The highest BCUT2D eigenvalue weighted by Crippen LogP contribution is 2.45. The van der Waals surface area contributed by atoms with Crippen molar-refractivity contribution >= 4 is 17.5 Å². The van der Waals surface area contributed by atoms with E-state index in [4.69, 9.17) is 18.9 Å². The van der Waals surface area contributed by atoms with Gasteiger partial charge in [-0.05, 0) is 77.7 Å². The summed E-state index contributed by atoms with van der Waals surface area (Å²) in [4.78, 5) is 29.9. The van der Waals surface area contributed by atoms with Crippen molar-refractivity contribution < 1.29 is 28.5 Å². The highest BCUT2D eigenvalue weighted by Gasteiger charge is 2.44. The third-order valence-corrected chi connectivity index (χ3v) is 7.59. The van der Waals surface area contributed by atoms with Gasteiger partial charge in [-0.3, -0.25) is 14.5 Å². The van der Waals surface area contributed by atoms with Crippen LogP contribution in [0.1, 0.15) is 39.0 Å². The molecule has 1 N–H and O–H groups in total. The molecule has 42 heavy (non-hydrogen) atoms. The summed E-state index contributed by atoms with van der Waals surface area (Å²) in [5.74, 6) is 1.63. The Morgan fingerprint density at radius 3 is 2.05 bits per heavy atom. The Bertz CT molecular complexity index is 1550. The van der Waals surface area contributed by atoms with Crippen molar-refractivity contribution in [3.8, 4) is 23.0 Å². The van der Waals surface area contributed by atoms with E-state index in [1.165, 1.54) is 0 Å². The Morgan fingerprint density at radius 2 is 1.40 bits per heavy atom. The summed E-state index contributed by atoms with van der Waals surface area (Å²) in [5.41, 5.74) is 3.67. The molecule has 4 aromatic carbocycles. The number of hydrogen-bond donors (Lipinski definition) is 1. The molecule has 216 valence electrons. The lowest BCUT2D eigenvalue weighted by Gasteiger charge is -2.42. The number of fused-ring (bicyclic) bond motifs is 1. The van der Waals surface area contributed by atoms with Crippen LogP contribution >= 0.6 is 0 Å². The third-order valence-electron chi connectivity index (χ3n) is 7.59. The molecule has 0 saturated carbocycles. The molecule has 1 aliphatic heterocycles. The van der Waals surface area contributed by atoms with Gasteiger partial charge in [0.2, 0.25) is 5.91 Å². The molecule has 2 unspecified atom stereocenters. The molecule has 0 saturated heterocycles. The minimum atomic E-state index is -0.667. The minimum Gasteiger partial charge on any atom is -0.497 e. The summed E-state index contributed by atoms with van der Waals surface area (Å²) in [7, 11) is 6.39. The van der Waals surface area contributed by atoms with Crippen LogP contribution in [0.25, 0.3) is 0 Å². The summed E-state index contributed by atoms with van der Waals surface area (Å²) in [5, 5.41) is 3.14. The molecule has 0 spiro atoms. The molecule has 2 amide bonds. The van der Waals surface area contributed by atoms with E-state index in [0.29, 0.717) is 52.8 Å². The molecule has 0 aromatic heterocycles. The van der Waals surface area contributed by atoms with Crippen molar-refractivity contribution in [2.24, 2.45) is 0 Å². The number of carbonyl (C=O) groups is 2. The summed E-state index contributed by atoms with van der Waals surface area (Å²) in [6, 6.07) is 27.3. The normalized spacial score (nSPS) is 15.9. The fourth-order valence-corrected chi connectivity index (χ4v) is 5.46. The van der Waals surface area contributed by atoms with Crippen LogP contribution in [0.5, 0.6) is 23.0 Å². The van der Waals surface area contributed by atoms with Crippen LogP contribution in [-0.4, -0.2) is 46.8 Å². The fraction of sp³-hybridized carbons (Fsp3) is 0.235. The number of carbonyl (C=O) groups excluding carboxylic acids is 2. The number of benzene rings is 4. The van der Waals surface area contributed by atoms with Crippen molar-refractivity contribution in [3.05, 3.63) is 113 Å². The van der Waals surface area contributed by atoms with E-state index in [9.17, 15) is 9.59 Å². The number of methoxy groups -OCH3 is 4. The molecule has 8 heteroatoms. The van der Waals surface area contributed by atoms with E-state index in [2.05, 4.69) is 5.32 Å². The first-order valence-electron chi connectivity index (χ1n) is 13.7. The van der Waals surface area contributed by atoms with E-state index in [1.807, 2.05) is 84.9 Å². The Labute approximate surface area is 245 Å². The van der Waals surface area contributed by atoms with Gasteiger partial charge in [-0.1, -0.05) is 36.4 Å². The molecular weight excluding hydrogens is 532 g/mol. The Balaban J connectivity index is 1.52. The van der Waals surface area contributed by atoms with Crippen LogP contribution in [0.2, 0.25) is 0 Å². The molecule has 2 atom stereocenters. The molecule has 0 radical (unpaired) electrons. The van der Waals surface area contributed by atoms with Crippen LogP contribution in [0.15, 0.2) is 91.0 Å². The SMILES string of the molecule is COc1ccc(C2C(C(=O)NCCc3ccc(OC)c(OC)c3)c3ccccc3C(=O)N2c2ccc(OC)cc2)cc1. The van der Waals surface area contributed by atoms with Crippen LogP contribution < -0.4 is 29.2 Å². The number of anilines is 1. The molecule has 0 aliphatic carbocycles. The maximum absolute atomic E-state index is 14.1. The molecule has 0 bridgehead atoms. The number of rotatable bonds is 10. The van der Waals surface area contributed by atoms with E-state index < -0.39 is 12.0 Å².